The molecule has 4 nitrogen and oxygen atoms in total. The standard InChI is InChI=1S/C25H44N4/c1-4-6-8-10-12-14-18-28(19-15-13-11-9-7-5-2)20-21-29-25-17-16-23(3)22-24(25)26-27-29/h16-17,22H,4-15,18-21H2,1-3H3. The van der Waals surface area contributed by atoms with Crippen LogP contribution in [0, 0.1) is 6.92 Å². The van der Waals surface area contributed by atoms with Crippen LogP contribution in [-0.4, -0.2) is 39.5 Å². The number of rotatable bonds is 17. The summed E-state index contributed by atoms with van der Waals surface area (Å²) in [6.45, 7) is 11.2. The third kappa shape index (κ3) is 9.29. The number of unbranched alkanes of at least 4 members (excludes halogenated alkanes) is 10. The minimum Gasteiger partial charge on any atom is -0.301 e. The van der Waals surface area contributed by atoms with E-state index >= 15 is 0 Å². The van der Waals surface area contributed by atoms with Crippen LogP contribution in [0.15, 0.2) is 18.2 Å². The van der Waals surface area contributed by atoms with E-state index in [2.05, 4.69) is 58.9 Å². The van der Waals surface area contributed by atoms with Crippen molar-refractivity contribution in [1.82, 2.24) is 19.9 Å². The highest BCUT2D eigenvalue weighted by molar-refractivity contribution is 5.74. The average molecular weight is 401 g/mol. The molecule has 0 aliphatic carbocycles. The number of aryl methyl sites for hydroxylation is 1. The largest absolute Gasteiger partial charge is 0.301 e. The number of hydrogen-bond acceptors (Lipinski definition) is 3. The minimum absolute atomic E-state index is 0.936. The number of aromatic nitrogens is 3. The van der Waals surface area contributed by atoms with Gasteiger partial charge in [-0.25, -0.2) is 4.68 Å². The molecule has 0 amide bonds. The van der Waals surface area contributed by atoms with Crippen molar-refractivity contribution in [2.45, 2.75) is 104 Å². The number of hydrogen-bond donors (Lipinski definition) is 0. The van der Waals surface area contributed by atoms with Crippen LogP contribution < -0.4 is 0 Å². The Morgan fingerprint density at radius 3 is 1.97 bits per heavy atom. The van der Waals surface area contributed by atoms with Crippen molar-refractivity contribution in [1.29, 1.82) is 0 Å². The van der Waals surface area contributed by atoms with Gasteiger partial charge in [0.25, 0.3) is 0 Å². The summed E-state index contributed by atoms with van der Waals surface area (Å²) in [7, 11) is 0. The molecule has 2 aromatic rings. The predicted molar refractivity (Wildman–Crippen MR) is 125 cm³/mol. The molecule has 0 atom stereocenters. The van der Waals surface area contributed by atoms with Gasteiger partial charge in [0.05, 0.1) is 12.1 Å². The molecule has 0 N–H and O–H groups in total. The smallest absolute Gasteiger partial charge is 0.113 e. The molecule has 164 valence electrons. The first-order valence-electron chi connectivity index (χ1n) is 12.3. The molecule has 0 bridgehead atoms. The topological polar surface area (TPSA) is 34.0 Å². The second kappa shape index (κ2) is 14.5. The van der Waals surface area contributed by atoms with Crippen LogP contribution in [0.5, 0.6) is 0 Å². The van der Waals surface area contributed by atoms with Crippen molar-refractivity contribution in [3.63, 3.8) is 0 Å². The van der Waals surface area contributed by atoms with Gasteiger partial charge in [0.15, 0.2) is 0 Å². The Hall–Kier alpha value is -1.42. The van der Waals surface area contributed by atoms with E-state index in [9.17, 15) is 0 Å². The van der Waals surface area contributed by atoms with E-state index in [1.165, 1.54) is 95.7 Å². The molecule has 0 fully saturated rings. The normalized spacial score (nSPS) is 11.7. The van der Waals surface area contributed by atoms with Crippen LogP contribution in [0.25, 0.3) is 11.0 Å². The Morgan fingerprint density at radius 2 is 1.34 bits per heavy atom. The highest BCUT2D eigenvalue weighted by Crippen LogP contribution is 2.14. The molecule has 4 heteroatoms. The maximum Gasteiger partial charge on any atom is 0.113 e. The summed E-state index contributed by atoms with van der Waals surface area (Å²) in [5, 5.41) is 8.77. The van der Waals surface area contributed by atoms with E-state index in [0.717, 1.165) is 24.1 Å². The molecular formula is C25H44N4. The van der Waals surface area contributed by atoms with Crippen molar-refractivity contribution in [3.05, 3.63) is 23.8 Å². The van der Waals surface area contributed by atoms with Crippen LogP contribution in [0.1, 0.15) is 96.5 Å². The van der Waals surface area contributed by atoms with Gasteiger partial charge in [-0.05, 0) is 50.6 Å². The van der Waals surface area contributed by atoms with Crippen LogP contribution in [0.3, 0.4) is 0 Å². The Kier molecular flexibility index (Phi) is 12.0. The van der Waals surface area contributed by atoms with Crippen molar-refractivity contribution in [3.8, 4) is 0 Å². The lowest BCUT2D eigenvalue weighted by molar-refractivity contribution is 0.247. The van der Waals surface area contributed by atoms with Crippen LogP contribution in [0.2, 0.25) is 0 Å². The molecule has 0 aliphatic rings. The molecule has 1 aromatic carbocycles. The Balaban J connectivity index is 1.79. The molecule has 1 aromatic heterocycles. The lowest BCUT2D eigenvalue weighted by atomic mass is 10.1. The SMILES string of the molecule is CCCCCCCCN(CCCCCCCC)CCn1nnc2cc(C)ccc21. The molecule has 2 rings (SSSR count). The summed E-state index contributed by atoms with van der Waals surface area (Å²) in [6.07, 6.45) is 16.4. The molecule has 29 heavy (non-hydrogen) atoms. The van der Waals surface area contributed by atoms with Crippen molar-refractivity contribution < 1.29 is 0 Å². The summed E-state index contributed by atoms with van der Waals surface area (Å²) in [5.41, 5.74) is 3.43. The van der Waals surface area contributed by atoms with E-state index in [1.807, 2.05) is 0 Å². The van der Waals surface area contributed by atoms with Gasteiger partial charge in [0.1, 0.15) is 5.52 Å². The fourth-order valence-corrected chi connectivity index (χ4v) is 4.05. The van der Waals surface area contributed by atoms with E-state index in [-0.39, 0.29) is 0 Å². The minimum atomic E-state index is 0.936. The summed E-state index contributed by atoms with van der Waals surface area (Å²) >= 11 is 0. The number of nitrogens with zero attached hydrogens (tertiary/aromatic N) is 4. The van der Waals surface area contributed by atoms with Gasteiger partial charge in [-0.2, -0.15) is 0 Å². The Labute approximate surface area is 179 Å². The molecule has 0 saturated carbocycles. The van der Waals surface area contributed by atoms with Gasteiger partial charge < -0.3 is 4.90 Å². The average Bonchev–Trinajstić information content (AvgIpc) is 3.12. The summed E-state index contributed by atoms with van der Waals surface area (Å²) in [5.74, 6) is 0. The Morgan fingerprint density at radius 1 is 0.759 bits per heavy atom. The highest BCUT2D eigenvalue weighted by atomic mass is 15.4. The zero-order valence-electron chi connectivity index (χ0n) is 19.3. The molecular weight excluding hydrogens is 356 g/mol. The van der Waals surface area contributed by atoms with Gasteiger partial charge >= 0.3 is 0 Å². The van der Waals surface area contributed by atoms with E-state index in [1.54, 1.807) is 0 Å². The number of benzene rings is 1. The maximum absolute atomic E-state index is 4.41. The fourth-order valence-electron chi connectivity index (χ4n) is 4.05. The van der Waals surface area contributed by atoms with Crippen LogP contribution in [0.4, 0.5) is 0 Å². The Bertz CT molecular complexity index is 648. The van der Waals surface area contributed by atoms with Crippen molar-refractivity contribution in [2.24, 2.45) is 0 Å². The third-order valence-electron chi connectivity index (χ3n) is 5.95. The molecule has 0 spiro atoms. The lowest BCUT2D eigenvalue weighted by Crippen LogP contribution is -2.30. The van der Waals surface area contributed by atoms with Crippen molar-refractivity contribution in [2.75, 3.05) is 19.6 Å². The monoisotopic (exact) mass is 400 g/mol. The zero-order valence-corrected chi connectivity index (χ0v) is 19.3. The van der Waals surface area contributed by atoms with E-state index in [4.69, 9.17) is 0 Å². The second-order valence-corrected chi connectivity index (χ2v) is 8.68. The van der Waals surface area contributed by atoms with Crippen molar-refractivity contribution >= 4 is 11.0 Å². The zero-order chi connectivity index (χ0) is 20.7. The van der Waals surface area contributed by atoms with E-state index < -0.39 is 0 Å². The maximum atomic E-state index is 4.41. The van der Waals surface area contributed by atoms with E-state index in [0.29, 0.717) is 0 Å². The lowest BCUT2D eigenvalue weighted by Gasteiger charge is -2.22. The van der Waals surface area contributed by atoms with Gasteiger partial charge in [0.2, 0.25) is 0 Å². The predicted octanol–water partition coefficient (Wildman–Crippen LogP) is 6.76. The molecule has 0 unspecified atom stereocenters. The van der Waals surface area contributed by atoms with Gasteiger partial charge in [0, 0.05) is 6.54 Å². The van der Waals surface area contributed by atoms with Gasteiger partial charge in [-0.15, -0.1) is 5.10 Å². The molecule has 0 saturated heterocycles. The molecule has 1 heterocycles. The molecule has 0 aliphatic heterocycles. The van der Waals surface area contributed by atoms with Crippen LogP contribution in [-0.2, 0) is 6.54 Å². The quantitative estimate of drug-likeness (QED) is 0.275. The summed E-state index contributed by atoms with van der Waals surface area (Å²) < 4.78 is 2.09. The first-order valence-corrected chi connectivity index (χ1v) is 12.3. The first kappa shape index (κ1) is 23.9. The second-order valence-electron chi connectivity index (χ2n) is 8.68. The highest BCUT2D eigenvalue weighted by Gasteiger charge is 2.09. The first-order chi connectivity index (χ1) is 14.2. The summed E-state index contributed by atoms with van der Waals surface area (Å²) in [4.78, 5) is 2.67. The van der Waals surface area contributed by atoms with Gasteiger partial charge in [-0.1, -0.05) is 89.3 Å². The molecule has 0 radical (unpaired) electrons. The number of fused-ring (bicyclic) bond motifs is 1. The fraction of sp³-hybridized carbons (Fsp3) is 0.760. The third-order valence-corrected chi connectivity index (χ3v) is 5.95. The van der Waals surface area contributed by atoms with Gasteiger partial charge in [-0.3, -0.25) is 0 Å². The van der Waals surface area contributed by atoms with Crippen LogP contribution >= 0.6 is 0 Å². The summed E-state index contributed by atoms with van der Waals surface area (Å²) in [6, 6.07) is 6.45.